The Bertz CT molecular complexity index is 1350. The number of amides is 1. The molecule has 0 spiro atoms. The van der Waals surface area contributed by atoms with E-state index in [1.165, 1.54) is 23.7 Å². The monoisotopic (exact) mass is 498 g/mol. The molecule has 0 bridgehead atoms. The van der Waals surface area contributed by atoms with Crippen LogP contribution in [0, 0.1) is 6.92 Å². The van der Waals surface area contributed by atoms with Gasteiger partial charge in [0.2, 0.25) is 0 Å². The second-order valence-electron chi connectivity index (χ2n) is 7.81. The molecule has 0 fully saturated rings. The molecular formula is C24H21F3N6OS. The summed E-state index contributed by atoms with van der Waals surface area (Å²) in [6.07, 6.45) is -2.98. The molecule has 4 rings (SSSR count). The molecule has 1 amide bonds. The van der Waals surface area contributed by atoms with Crippen LogP contribution in [0.2, 0.25) is 0 Å². The van der Waals surface area contributed by atoms with E-state index in [1.54, 1.807) is 43.3 Å². The number of carbonyl (C=O) groups is 1. The average Bonchev–Trinajstić information content (AvgIpc) is 3.19. The number of anilines is 4. The topological polar surface area (TPSA) is 83.0 Å². The molecule has 2 N–H and O–H groups in total. The fraction of sp³-hybridized carbons (Fsp3) is 0.167. The second-order valence-corrected chi connectivity index (χ2v) is 9.02. The Morgan fingerprint density at radius 3 is 2.46 bits per heavy atom. The second kappa shape index (κ2) is 9.71. The zero-order valence-electron chi connectivity index (χ0n) is 19.0. The number of aromatic nitrogens is 3. The molecule has 35 heavy (non-hydrogen) atoms. The van der Waals surface area contributed by atoms with E-state index in [-0.39, 0.29) is 5.91 Å². The molecule has 0 aliphatic heterocycles. The van der Waals surface area contributed by atoms with Gasteiger partial charge in [0.1, 0.15) is 18.0 Å². The number of halogens is 3. The lowest BCUT2D eigenvalue weighted by atomic mass is 10.1. The number of hydrogen-bond acceptors (Lipinski definition) is 7. The van der Waals surface area contributed by atoms with E-state index in [1.807, 2.05) is 19.0 Å². The minimum atomic E-state index is -4.44. The Morgan fingerprint density at radius 1 is 1.03 bits per heavy atom. The van der Waals surface area contributed by atoms with Crippen molar-refractivity contribution in [3.05, 3.63) is 76.9 Å². The van der Waals surface area contributed by atoms with Crippen LogP contribution in [0.15, 0.2) is 60.9 Å². The molecule has 0 aliphatic carbocycles. The predicted octanol–water partition coefficient (Wildman–Crippen LogP) is 5.99. The number of aryl methyl sites for hydroxylation is 1. The zero-order chi connectivity index (χ0) is 25.2. The first-order valence-corrected chi connectivity index (χ1v) is 11.2. The molecule has 0 unspecified atom stereocenters. The molecular weight excluding hydrogens is 477 g/mol. The van der Waals surface area contributed by atoms with Crippen molar-refractivity contribution in [1.29, 1.82) is 0 Å². The van der Waals surface area contributed by atoms with Crippen LogP contribution in [0.4, 0.5) is 35.6 Å². The highest BCUT2D eigenvalue weighted by Crippen LogP contribution is 2.35. The van der Waals surface area contributed by atoms with Crippen molar-refractivity contribution in [2.24, 2.45) is 0 Å². The standard InChI is InChI=1S/C24H21F3N6OS/c1-14-21(16-5-4-6-17(11-16)24(25,26)27)31-23(35-14)32-22(34)15-7-9-18(10-8-15)30-19-12-20(33(2)3)29-13-28-19/h4-13H,1-3H3,(H,28,29,30)(H,31,32,34). The highest BCUT2D eigenvalue weighted by molar-refractivity contribution is 7.16. The van der Waals surface area contributed by atoms with Crippen molar-refractivity contribution in [1.82, 2.24) is 15.0 Å². The molecule has 2 aromatic heterocycles. The lowest BCUT2D eigenvalue weighted by Crippen LogP contribution is -2.12. The summed E-state index contributed by atoms with van der Waals surface area (Å²) in [7, 11) is 3.76. The third kappa shape index (κ3) is 5.75. The Hall–Kier alpha value is -3.99. The fourth-order valence-electron chi connectivity index (χ4n) is 3.24. The molecule has 0 saturated heterocycles. The van der Waals surface area contributed by atoms with E-state index in [9.17, 15) is 18.0 Å². The van der Waals surface area contributed by atoms with Crippen molar-refractivity contribution >= 4 is 39.7 Å². The van der Waals surface area contributed by atoms with Gasteiger partial charge >= 0.3 is 6.18 Å². The third-order valence-electron chi connectivity index (χ3n) is 5.01. The van der Waals surface area contributed by atoms with E-state index in [2.05, 4.69) is 25.6 Å². The molecule has 4 aromatic rings. The van der Waals surface area contributed by atoms with Gasteiger partial charge in [0.15, 0.2) is 5.13 Å². The van der Waals surface area contributed by atoms with E-state index in [4.69, 9.17) is 0 Å². The average molecular weight is 499 g/mol. The Labute approximate surface area is 203 Å². The quantitative estimate of drug-likeness (QED) is 0.340. The molecule has 0 radical (unpaired) electrons. The Morgan fingerprint density at radius 2 is 1.77 bits per heavy atom. The number of hydrogen-bond donors (Lipinski definition) is 2. The van der Waals surface area contributed by atoms with Gasteiger partial charge in [-0.15, -0.1) is 11.3 Å². The van der Waals surface area contributed by atoms with Crippen molar-refractivity contribution in [3.63, 3.8) is 0 Å². The van der Waals surface area contributed by atoms with Crippen molar-refractivity contribution < 1.29 is 18.0 Å². The van der Waals surface area contributed by atoms with Crippen molar-refractivity contribution in [2.75, 3.05) is 29.6 Å². The summed E-state index contributed by atoms with van der Waals surface area (Å²) in [5.74, 6) is 0.987. The number of carbonyl (C=O) groups excluding carboxylic acids is 1. The third-order valence-corrected chi connectivity index (χ3v) is 5.90. The van der Waals surface area contributed by atoms with Crippen LogP contribution >= 0.6 is 11.3 Å². The van der Waals surface area contributed by atoms with Gasteiger partial charge in [-0.25, -0.2) is 15.0 Å². The number of nitrogens with one attached hydrogen (secondary N) is 2. The van der Waals surface area contributed by atoms with Gasteiger partial charge in [0, 0.05) is 41.9 Å². The molecule has 0 atom stereocenters. The first-order valence-electron chi connectivity index (χ1n) is 10.4. The number of benzene rings is 2. The van der Waals surface area contributed by atoms with Crippen LogP contribution in [0.25, 0.3) is 11.3 Å². The van der Waals surface area contributed by atoms with E-state index in [0.29, 0.717) is 32.6 Å². The predicted molar refractivity (Wildman–Crippen MR) is 131 cm³/mol. The summed E-state index contributed by atoms with van der Waals surface area (Å²) in [4.78, 5) is 28.0. The van der Waals surface area contributed by atoms with Crippen molar-refractivity contribution in [2.45, 2.75) is 13.1 Å². The lowest BCUT2D eigenvalue weighted by Gasteiger charge is -2.12. The van der Waals surface area contributed by atoms with Crippen LogP contribution < -0.4 is 15.5 Å². The van der Waals surface area contributed by atoms with Crippen LogP contribution in [-0.4, -0.2) is 35.0 Å². The number of rotatable bonds is 6. The largest absolute Gasteiger partial charge is 0.416 e. The van der Waals surface area contributed by atoms with Gasteiger partial charge in [-0.05, 0) is 43.3 Å². The Kier molecular flexibility index (Phi) is 6.70. The van der Waals surface area contributed by atoms with Gasteiger partial charge < -0.3 is 10.2 Å². The molecule has 180 valence electrons. The summed E-state index contributed by atoms with van der Waals surface area (Å²) in [6.45, 7) is 1.75. The molecule has 7 nitrogen and oxygen atoms in total. The van der Waals surface area contributed by atoms with Crippen LogP contribution in [-0.2, 0) is 6.18 Å². The van der Waals surface area contributed by atoms with E-state index in [0.717, 1.165) is 23.6 Å². The van der Waals surface area contributed by atoms with Gasteiger partial charge in [0.25, 0.3) is 5.91 Å². The minimum absolute atomic E-state index is 0.305. The maximum atomic E-state index is 13.1. The maximum Gasteiger partial charge on any atom is 0.416 e. The Balaban J connectivity index is 1.46. The summed E-state index contributed by atoms with van der Waals surface area (Å²) in [5, 5.41) is 6.19. The molecule has 2 aromatic carbocycles. The fourth-order valence-corrected chi connectivity index (χ4v) is 4.07. The number of alkyl halides is 3. The van der Waals surface area contributed by atoms with Gasteiger partial charge in [0.05, 0.1) is 11.3 Å². The van der Waals surface area contributed by atoms with Crippen molar-refractivity contribution in [3.8, 4) is 11.3 Å². The first kappa shape index (κ1) is 24.1. The zero-order valence-corrected chi connectivity index (χ0v) is 19.8. The SMILES string of the molecule is Cc1sc(NC(=O)c2ccc(Nc3cc(N(C)C)ncn3)cc2)nc1-c1cccc(C(F)(F)F)c1. The van der Waals surface area contributed by atoms with E-state index < -0.39 is 11.7 Å². The van der Waals surface area contributed by atoms with Crippen LogP contribution in [0.3, 0.4) is 0 Å². The molecule has 0 saturated carbocycles. The normalized spacial score (nSPS) is 11.3. The minimum Gasteiger partial charge on any atom is -0.363 e. The van der Waals surface area contributed by atoms with Gasteiger partial charge in [-0.3, -0.25) is 10.1 Å². The summed E-state index contributed by atoms with van der Waals surface area (Å²) >= 11 is 1.20. The van der Waals surface area contributed by atoms with Crippen LogP contribution in [0.5, 0.6) is 0 Å². The van der Waals surface area contributed by atoms with Gasteiger partial charge in [-0.1, -0.05) is 12.1 Å². The summed E-state index contributed by atoms with van der Waals surface area (Å²) in [5.41, 5.74) is 1.13. The number of thiazole rings is 1. The molecule has 11 heteroatoms. The smallest absolute Gasteiger partial charge is 0.363 e. The summed E-state index contributed by atoms with van der Waals surface area (Å²) in [6, 6.07) is 13.6. The first-order chi connectivity index (χ1) is 16.6. The number of nitrogens with zero attached hydrogens (tertiary/aromatic N) is 4. The highest BCUT2D eigenvalue weighted by atomic mass is 32.1. The highest BCUT2D eigenvalue weighted by Gasteiger charge is 2.30. The lowest BCUT2D eigenvalue weighted by molar-refractivity contribution is -0.137. The molecule has 0 aliphatic rings. The van der Waals surface area contributed by atoms with Crippen LogP contribution in [0.1, 0.15) is 20.8 Å². The van der Waals surface area contributed by atoms with E-state index >= 15 is 0 Å². The summed E-state index contributed by atoms with van der Waals surface area (Å²) < 4.78 is 39.2. The molecule has 2 heterocycles. The van der Waals surface area contributed by atoms with Gasteiger partial charge in [-0.2, -0.15) is 13.2 Å². The maximum absolute atomic E-state index is 13.1.